The second kappa shape index (κ2) is 13.8. The second-order valence-electron chi connectivity index (χ2n) is 8.12. The van der Waals surface area contributed by atoms with Crippen molar-refractivity contribution < 1.29 is 19.0 Å². The first kappa shape index (κ1) is 27.4. The molecule has 0 spiro atoms. The SMILES string of the molecule is CCOc1cc(/C=N\NC(=O)CCCc2ccc(OC)cc2C)ccc1OCc1ccc(Cl)c(Cl)c1. The van der Waals surface area contributed by atoms with E-state index in [0.717, 1.165) is 35.3 Å². The number of hydrogen-bond donors (Lipinski definition) is 1. The Morgan fingerprint density at radius 1 is 1.00 bits per heavy atom. The number of amides is 1. The van der Waals surface area contributed by atoms with E-state index >= 15 is 0 Å². The normalized spacial score (nSPS) is 10.9. The molecule has 0 aliphatic rings. The van der Waals surface area contributed by atoms with Gasteiger partial charge in [-0.3, -0.25) is 4.79 Å². The van der Waals surface area contributed by atoms with Crippen LogP contribution in [0.2, 0.25) is 10.0 Å². The van der Waals surface area contributed by atoms with Crippen LogP contribution in [0.1, 0.15) is 42.0 Å². The zero-order valence-electron chi connectivity index (χ0n) is 20.6. The third kappa shape index (κ3) is 8.18. The Morgan fingerprint density at radius 3 is 2.56 bits per heavy atom. The molecule has 0 unspecified atom stereocenters. The van der Waals surface area contributed by atoms with E-state index in [2.05, 4.69) is 10.5 Å². The molecule has 0 fully saturated rings. The molecule has 0 saturated carbocycles. The monoisotopic (exact) mass is 528 g/mol. The van der Waals surface area contributed by atoms with Crippen LogP contribution >= 0.6 is 23.2 Å². The second-order valence-corrected chi connectivity index (χ2v) is 8.93. The van der Waals surface area contributed by atoms with Gasteiger partial charge in [-0.15, -0.1) is 0 Å². The van der Waals surface area contributed by atoms with Gasteiger partial charge in [-0.1, -0.05) is 35.3 Å². The Bertz CT molecular complexity index is 1210. The highest BCUT2D eigenvalue weighted by Crippen LogP contribution is 2.30. The summed E-state index contributed by atoms with van der Waals surface area (Å²) in [5, 5.41) is 5.06. The van der Waals surface area contributed by atoms with Gasteiger partial charge in [-0.2, -0.15) is 5.10 Å². The van der Waals surface area contributed by atoms with Gasteiger partial charge in [-0.05, 0) is 91.4 Å². The van der Waals surface area contributed by atoms with Gasteiger partial charge in [0.05, 0.1) is 30.0 Å². The molecule has 0 heterocycles. The van der Waals surface area contributed by atoms with Gasteiger partial charge in [0.2, 0.25) is 5.91 Å². The molecule has 8 heteroatoms. The maximum Gasteiger partial charge on any atom is 0.240 e. The van der Waals surface area contributed by atoms with E-state index in [4.69, 9.17) is 37.4 Å². The van der Waals surface area contributed by atoms with E-state index in [0.29, 0.717) is 41.2 Å². The van der Waals surface area contributed by atoms with Crippen molar-refractivity contribution in [1.29, 1.82) is 0 Å². The van der Waals surface area contributed by atoms with Gasteiger partial charge in [0.25, 0.3) is 0 Å². The molecule has 190 valence electrons. The quantitative estimate of drug-likeness (QED) is 0.208. The zero-order valence-corrected chi connectivity index (χ0v) is 22.2. The lowest BCUT2D eigenvalue weighted by Crippen LogP contribution is -2.17. The van der Waals surface area contributed by atoms with Gasteiger partial charge >= 0.3 is 0 Å². The molecular weight excluding hydrogens is 499 g/mol. The number of rotatable bonds is 12. The minimum Gasteiger partial charge on any atom is -0.497 e. The lowest BCUT2D eigenvalue weighted by molar-refractivity contribution is -0.121. The number of nitrogens with zero attached hydrogens (tertiary/aromatic N) is 1. The van der Waals surface area contributed by atoms with Crippen LogP contribution in [0, 0.1) is 6.92 Å². The van der Waals surface area contributed by atoms with Gasteiger partial charge in [0, 0.05) is 6.42 Å². The van der Waals surface area contributed by atoms with E-state index < -0.39 is 0 Å². The summed E-state index contributed by atoms with van der Waals surface area (Å²) in [7, 11) is 1.65. The van der Waals surface area contributed by atoms with Crippen LogP contribution in [-0.4, -0.2) is 25.8 Å². The zero-order chi connectivity index (χ0) is 25.9. The molecule has 0 radical (unpaired) electrons. The average molecular weight is 529 g/mol. The predicted molar refractivity (Wildman–Crippen MR) is 145 cm³/mol. The highest BCUT2D eigenvalue weighted by molar-refractivity contribution is 6.42. The Labute approximate surface area is 222 Å². The van der Waals surface area contributed by atoms with Crippen LogP contribution in [-0.2, 0) is 17.8 Å². The van der Waals surface area contributed by atoms with E-state index in [-0.39, 0.29) is 5.91 Å². The van der Waals surface area contributed by atoms with Crippen molar-refractivity contribution in [3.63, 3.8) is 0 Å². The lowest BCUT2D eigenvalue weighted by atomic mass is 10.0. The summed E-state index contributed by atoms with van der Waals surface area (Å²) in [6.45, 7) is 4.74. The van der Waals surface area contributed by atoms with Crippen LogP contribution in [0.25, 0.3) is 0 Å². The van der Waals surface area contributed by atoms with Crippen LogP contribution in [0.3, 0.4) is 0 Å². The number of methoxy groups -OCH3 is 1. The fourth-order valence-electron chi connectivity index (χ4n) is 3.53. The molecular formula is C28H30Cl2N2O4. The Balaban J connectivity index is 1.51. The molecule has 0 atom stereocenters. The highest BCUT2D eigenvalue weighted by atomic mass is 35.5. The van der Waals surface area contributed by atoms with Gasteiger partial charge in [0.15, 0.2) is 11.5 Å². The fourth-order valence-corrected chi connectivity index (χ4v) is 3.85. The maximum atomic E-state index is 12.2. The van der Waals surface area contributed by atoms with E-state index in [1.54, 1.807) is 25.5 Å². The summed E-state index contributed by atoms with van der Waals surface area (Å²) in [5.74, 6) is 1.88. The van der Waals surface area contributed by atoms with Gasteiger partial charge in [-0.25, -0.2) is 5.43 Å². The number of benzene rings is 3. The standard InChI is InChI=1S/C28H30Cl2N2O4/c1-4-35-27-16-20(9-13-26(27)36-18-21-8-12-24(29)25(30)15-21)17-31-32-28(33)7-5-6-22-10-11-23(34-3)14-19(22)2/h8-17H,4-7,18H2,1-3H3,(H,32,33)/b31-17-. The third-order valence-electron chi connectivity index (χ3n) is 5.45. The molecule has 0 saturated heterocycles. The molecule has 1 N–H and O–H groups in total. The topological polar surface area (TPSA) is 69.2 Å². The average Bonchev–Trinajstić information content (AvgIpc) is 2.86. The predicted octanol–water partition coefficient (Wildman–Crippen LogP) is 6.76. The summed E-state index contributed by atoms with van der Waals surface area (Å²) in [6, 6.07) is 16.8. The largest absolute Gasteiger partial charge is 0.497 e. The first-order valence-corrected chi connectivity index (χ1v) is 12.4. The molecule has 3 aromatic carbocycles. The van der Waals surface area contributed by atoms with Crippen molar-refractivity contribution in [2.45, 2.75) is 39.7 Å². The van der Waals surface area contributed by atoms with Gasteiger partial charge < -0.3 is 14.2 Å². The first-order chi connectivity index (χ1) is 17.4. The Hall–Kier alpha value is -3.22. The maximum absolute atomic E-state index is 12.2. The number of carbonyl (C=O) groups is 1. The summed E-state index contributed by atoms with van der Waals surface area (Å²) >= 11 is 12.1. The number of nitrogens with one attached hydrogen (secondary N) is 1. The molecule has 0 bridgehead atoms. The number of hydrazone groups is 1. The third-order valence-corrected chi connectivity index (χ3v) is 6.19. The molecule has 6 nitrogen and oxygen atoms in total. The van der Waals surface area contributed by atoms with Crippen LogP contribution in [0.4, 0.5) is 0 Å². The van der Waals surface area contributed by atoms with E-state index in [1.807, 2.05) is 56.3 Å². The van der Waals surface area contributed by atoms with Crippen LogP contribution < -0.4 is 19.6 Å². The smallest absolute Gasteiger partial charge is 0.240 e. The molecule has 0 aliphatic heterocycles. The van der Waals surface area contributed by atoms with Crippen molar-refractivity contribution in [1.82, 2.24) is 5.43 Å². The number of halogens is 2. The van der Waals surface area contributed by atoms with Crippen molar-refractivity contribution in [2.24, 2.45) is 5.10 Å². The highest BCUT2D eigenvalue weighted by Gasteiger charge is 2.08. The lowest BCUT2D eigenvalue weighted by Gasteiger charge is -2.13. The minimum absolute atomic E-state index is 0.135. The van der Waals surface area contributed by atoms with E-state index in [9.17, 15) is 4.79 Å². The number of hydrogen-bond acceptors (Lipinski definition) is 5. The molecule has 0 aromatic heterocycles. The van der Waals surface area contributed by atoms with Crippen molar-refractivity contribution >= 4 is 35.3 Å². The Kier molecular flexibility index (Phi) is 10.5. The molecule has 0 aliphatic carbocycles. The van der Waals surface area contributed by atoms with Crippen molar-refractivity contribution in [3.05, 3.63) is 86.9 Å². The first-order valence-electron chi connectivity index (χ1n) is 11.7. The summed E-state index contributed by atoms with van der Waals surface area (Å²) in [6.07, 6.45) is 3.51. The molecule has 1 amide bonds. The number of aryl methyl sites for hydroxylation is 2. The van der Waals surface area contributed by atoms with Crippen LogP contribution in [0.15, 0.2) is 59.7 Å². The summed E-state index contributed by atoms with van der Waals surface area (Å²) in [4.78, 5) is 12.2. The summed E-state index contributed by atoms with van der Waals surface area (Å²) < 4.78 is 16.9. The Morgan fingerprint density at radius 2 is 1.83 bits per heavy atom. The molecule has 36 heavy (non-hydrogen) atoms. The van der Waals surface area contributed by atoms with Crippen LogP contribution in [0.5, 0.6) is 17.2 Å². The van der Waals surface area contributed by atoms with Gasteiger partial charge in [0.1, 0.15) is 12.4 Å². The molecule has 3 rings (SSSR count). The summed E-state index contributed by atoms with van der Waals surface area (Å²) in [5.41, 5.74) is 6.61. The fraction of sp³-hybridized carbons (Fsp3) is 0.286. The minimum atomic E-state index is -0.135. The number of ether oxygens (including phenoxy) is 3. The van der Waals surface area contributed by atoms with Crippen molar-refractivity contribution in [2.75, 3.05) is 13.7 Å². The molecule has 3 aromatic rings. The number of carbonyl (C=O) groups excluding carboxylic acids is 1. The van der Waals surface area contributed by atoms with E-state index in [1.165, 1.54) is 5.56 Å². The van der Waals surface area contributed by atoms with Crippen molar-refractivity contribution in [3.8, 4) is 17.2 Å².